The van der Waals surface area contributed by atoms with Crippen molar-refractivity contribution in [1.82, 2.24) is 0 Å². The Bertz CT molecular complexity index is 573. The highest BCUT2D eigenvalue weighted by Crippen LogP contribution is 2.43. The lowest BCUT2D eigenvalue weighted by Crippen LogP contribution is -2.21. The zero-order chi connectivity index (χ0) is 14.3. The largest absolute Gasteiger partial charge is 0.388 e. The van der Waals surface area contributed by atoms with E-state index in [2.05, 4.69) is 43.4 Å². The van der Waals surface area contributed by atoms with Crippen LogP contribution in [-0.2, 0) is 0 Å². The van der Waals surface area contributed by atoms with Crippen LogP contribution in [0, 0.1) is 35.0 Å². The number of fused-ring (bicyclic) bond motifs is 1. The van der Waals surface area contributed by atoms with Crippen LogP contribution in [0.3, 0.4) is 0 Å². The lowest BCUT2D eigenvalue weighted by molar-refractivity contribution is 0.171. The van der Waals surface area contributed by atoms with E-state index in [9.17, 15) is 5.11 Å². The van der Waals surface area contributed by atoms with Crippen molar-refractivity contribution in [2.24, 2.45) is 23.7 Å². The third-order valence-electron chi connectivity index (χ3n) is 4.95. The van der Waals surface area contributed by atoms with Crippen LogP contribution in [0.15, 0.2) is 47.1 Å². The van der Waals surface area contributed by atoms with Crippen molar-refractivity contribution in [3.63, 3.8) is 0 Å². The average molecular weight is 267 g/mol. The summed E-state index contributed by atoms with van der Waals surface area (Å²) in [6, 6.07) is 2.44. The number of nitrogens with zero attached hydrogens (tertiary/aromatic N) is 1. The third-order valence-corrected chi connectivity index (χ3v) is 4.95. The van der Waals surface area contributed by atoms with Gasteiger partial charge in [-0.25, -0.2) is 0 Å². The summed E-state index contributed by atoms with van der Waals surface area (Å²) in [4.78, 5) is 0. The van der Waals surface area contributed by atoms with E-state index in [1.807, 2.05) is 6.92 Å². The van der Waals surface area contributed by atoms with Gasteiger partial charge in [0, 0.05) is 5.92 Å². The monoisotopic (exact) mass is 267 g/mol. The Hall–Kier alpha value is -1.59. The van der Waals surface area contributed by atoms with Crippen molar-refractivity contribution in [2.45, 2.75) is 32.8 Å². The summed E-state index contributed by atoms with van der Waals surface area (Å²) in [7, 11) is 0. The van der Waals surface area contributed by atoms with E-state index >= 15 is 0 Å². The maximum absolute atomic E-state index is 9.99. The molecule has 1 N–H and O–H groups in total. The molecule has 1 fully saturated rings. The Morgan fingerprint density at radius 2 is 2.05 bits per heavy atom. The second-order valence-electron chi connectivity index (χ2n) is 6.35. The van der Waals surface area contributed by atoms with E-state index in [1.165, 1.54) is 11.1 Å². The molecule has 0 radical (unpaired) electrons. The second-order valence-corrected chi connectivity index (χ2v) is 6.35. The van der Waals surface area contributed by atoms with Gasteiger partial charge in [0.15, 0.2) is 0 Å². The van der Waals surface area contributed by atoms with E-state index < -0.39 is 0 Å². The molecule has 5 atom stereocenters. The first kappa shape index (κ1) is 13.4. The van der Waals surface area contributed by atoms with Crippen LogP contribution < -0.4 is 0 Å². The van der Waals surface area contributed by atoms with Gasteiger partial charge in [0.05, 0.1) is 18.1 Å². The summed E-state index contributed by atoms with van der Waals surface area (Å²) in [6.45, 7) is 4.05. The number of nitriles is 1. The molecule has 0 aromatic heterocycles. The van der Waals surface area contributed by atoms with Crippen LogP contribution in [0.1, 0.15) is 26.7 Å². The molecule has 0 spiro atoms. The topological polar surface area (TPSA) is 44.0 Å². The zero-order valence-electron chi connectivity index (χ0n) is 12.1. The van der Waals surface area contributed by atoms with Gasteiger partial charge in [-0.05, 0) is 48.3 Å². The number of aliphatic hydroxyl groups is 1. The van der Waals surface area contributed by atoms with Crippen LogP contribution in [0.2, 0.25) is 0 Å². The van der Waals surface area contributed by atoms with Gasteiger partial charge in [-0.3, -0.25) is 0 Å². The predicted molar refractivity (Wildman–Crippen MR) is 79.6 cm³/mol. The number of hydrogen-bond acceptors (Lipinski definition) is 2. The zero-order valence-corrected chi connectivity index (χ0v) is 12.1. The van der Waals surface area contributed by atoms with E-state index in [1.54, 1.807) is 0 Å². The molecular weight excluding hydrogens is 246 g/mol. The first-order chi connectivity index (χ1) is 9.60. The molecule has 0 saturated heterocycles. The van der Waals surface area contributed by atoms with Gasteiger partial charge >= 0.3 is 0 Å². The normalized spacial score (nSPS) is 39.5. The molecule has 2 heteroatoms. The highest BCUT2D eigenvalue weighted by Gasteiger charge is 2.35. The van der Waals surface area contributed by atoms with Gasteiger partial charge in [0.25, 0.3) is 0 Å². The molecule has 20 heavy (non-hydrogen) atoms. The fourth-order valence-corrected chi connectivity index (χ4v) is 3.72. The molecule has 1 saturated carbocycles. The Balaban J connectivity index is 1.86. The minimum atomic E-state index is -0.353. The Morgan fingerprint density at radius 1 is 1.25 bits per heavy atom. The first-order valence-corrected chi connectivity index (χ1v) is 7.48. The van der Waals surface area contributed by atoms with Gasteiger partial charge in [0.1, 0.15) is 0 Å². The lowest BCUT2D eigenvalue weighted by Gasteiger charge is -2.26. The molecule has 0 aliphatic heterocycles. The minimum absolute atomic E-state index is 0.164. The Kier molecular flexibility index (Phi) is 3.40. The third kappa shape index (κ3) is 2.17. The molecular formula is C18H21NO. The summed E-state index contributed by atoms with van der Waals surface area (Å²) in [5.74, 6) is 1.27. The van der Waals surface area contributed by atoms with Crippen molar-refractivity contribution >= 4 is 0 Å². The molecule has 104 valence electrons. The maximum Gasteiger partial charge on any atom is 0.0810 e. The van der Waals surface area contributed by atoms with Gasteiger partial charge in [-0.1, -0.05) is 37.3 Å². The fourth-order valence-electron chi connectivity index (χ4n) is 3.72. The summed E-state index contributed by atoms with van der Waals surface area (Å²) in [5.41, 5.74) is 3.51. The summed E-state index contributed by atoms with van der Waals surface area (Å²) in [6.07, 6.45) is 12.8. The van der Waals surface area contributed by atoms with Crippen molar-refractivity contribution in [3.05, 3.63) is 47.1 Å². The van der Waals surface area contributed by atoms with Crippen molar-refractivity contribution in [1.29, 1.82) is 5.26 Å². The average Bonchev–Trinajstić information content (AvgIpc) is 2.86. The van der Waals surface area contributed by atoms with Crippen LogP contribution in [0.4, 0.5) is 0 Å². The molecule has 3 aliphatic carbocycles. The summed E-state index contributed by atoms with van der Waals surface area (Å²) >= 11 is 0. The number of aliphatic hydroxyl groups excluding tert-OH is 1. The Labute approximate surface area is 120 Å². The molecule has 0 heterocycles. The molecule has 0 bridgehead atoms. The molecule has 0 amide bonds. The Morgan fingerprint density at radius 3 is 2.75 bits per heavy atom. The quantitative estimate of drug-likeness (QED) is 0.789. The maximum atomic E-state index is 9.99. The highest BCUT2D eigenvalue weighted by atomic mass is 16.3. The van der Waals surface area contributed by atoms with E-state index in [0.29, 0.717) is 11.8 Å². The van der Waals surface area contributed by atoms with Crippen LogP contribution in [0.25, 0.3) is 0 Å². The van der Waals surface area contributed by atoms with Crippen molar-refractivity contribution in [2.75, 3.05) is 0 Å². The van der Waals surface area contributed by atoms with Crippen molar-refractivity contribution in [3.8, 4) is 6.07 Å². The molecule has 3 aliphatic rings. The highest BCUT2D eigenvalue weighted by molar-refractivity contribution is 5.52. The smallest absolute Gasteiger partial charge is 0.0810 e. The summed E-state index contributed by atoms with van der Waals surface area (Å²) < 4.78 is 0. The number of hydrogen-bond donors (Lipinski definition) is 1. The number of rotatable bonds is 1. The van der Waals surface area contributed by atoms with Crippen LogP contribution >= 0.6 is 0 Å². The summed E-state index contributed by atoms with van der Waals surface area (Å²) in [5, 5.41) is 19.2. The van der Waals surface area contributed by atoms with Gasteiger partial charge in [0.2, 0.25) is 0 Å². The standard InChI is InChI=1S/C18H21NO/c1-11-7-16(8-12(2)18(11)20)13-5-6-17-14(9-13)3-4-15(17)10-19/h5-9,11,14-15,17-18,20H,3-4H2,1-2H3. The SMILES string of the molecule is CC1=CC(C2=CC3CCC(C#N)C3C=C2)=CC(C)C1O. The molecule has 5 unspecified atom stereocenters. The lowest BCUT2D eigenvalue weighted by atomic mass is 9.80. The van der Waals surface area contributed by atoms with Crippen LogP contribution in [0.5, 0.6) is 0 Å². The minimum Gasteiger partial charge on any atom is -0.388 e. The molecule has 0 aromatic rings. The molecule has 0 aromatic carbocycles. The first-order valence-electron chi connectivity index (χ1n) is 7.48. The number of allylic oxidation sites excluding steroid dienone is 6. The van der Waals surface area contributed by atoms with E-state index in [0.717, 1.165) is 18.4 Å². The van der Waals surface area contributed by atoms with Crippen LogP contribution in [-0.4, -0.2) is 11.2 Å². The predicted octanol–water partition coefficient (Wildman–Crippen LogP) is 3.53. The molecule has 2 nitrogen and oxygen atoms in total. The van der Waals surface area contributed by atoms with E-state index in [-0.39, 0.29) is 17.9 Å². The second kappa shape index (κ2) is 5.07. The van der Waals surface area contributed by atoms with Gasteiger partial charge in [-0.15, -0.1) is 0 Å². The van der Waals surface area contributed by atoms with Gasteiger partial charge in [-0.2, -0.15) is 5.26 Å². The van der Waals surface area contributed by atoms with E-state index in [4.69, 9.17) is 5.26 Å². The van der Waals surface area contributed by atoms with Crippen molar-refractivity contribution < 1.29 is 5.11 Å². The fraction of sp³-hybridized carbons (Fsp3) is 0.500. The van der Waals surface area contributed by atoms with Gasteiger partial charge < -0.3 is 5.11 Å². The molecule has 3 rings (SSSR count).